The van der Waals surface area contributed by atoms with E-state index >= 15 is 0 Å². The van der Waals surface area contributed by atoms with Crippen molar-refractivity contribution in [3.8, 4) is 0 Å². The van der Waals surface area contributed by atoms with Crippen LogP contribution in [0.3, 0.4) is 0 Å². The molecule has 0 amide bonds. The molecule has 1 saturated heterocycles. The van der Waals surface area contributed by atoms with Crippen LogP contribution in [0, 0.1) is 0 Å². The summed E-state index contributed by atoms with van der Waals surface area (Å²) in [6, 6.07) is 0. The lowest BCUT2D eigenvalue weighted by atomic mass is 10.4. The van der Waals surface area contributed by atoms with Gasteiger partial charge in [-0.05, 0) is 13.8 Å². The average Bonchev–Trinajstić information content (AvgIpc) is 2.24. The molecule has 0 radical (unpaired) electrons. The van der Waals surface area contributed by atoms with Crippen LogP contribution in [-0.4, -0.2) is 29.7 Å². The second kappa shape index (κ2) is 0.688. The molecule has 0 aromatic heterocycles. The summed E-state index contributed by atoms with van der Waals surface area (Å²) in [5.41, 5.74) is 1.38. The van der Waals surface area contributed by atoms with E-state index in [9.17, 15) is 0 Å². The van der Waals surface area contributed by atoms with Crippen LogP contribution >= 0.6 is 0 Å². The van der Waals surface area contributed by atoms with Gasteiger partial charge in [0.15, 0.2) is 11.1 Å². The lowest BCUT2D eigenvalue weighted by molar-refractivity contribution is -0.840. The molecular weight excluding hydrogens is 98.1 g/mol. The minimum atomic E-state index is 0.688. The summed E-state index contributed by atoms with van der Waals surface area (Å²) in [7, 11) is 4.65. The minimum Gasteiger partial charge on any atom is -0.308 e. The Hall–Kier alpha value is -0.0400. The SMILES string of the molecule is CC12CC1(C)[N+]2(C)C. The summed E-state index contributed by atoms with van der Waals surface area (Å²) in [4.78, 5) is 0. The molecule has 2 fully saturated rings. The number of likely N-dealkylation sites (N-methyl/N-ethyl adjacent to an activating group) is 1. The highest BCUT2D eigenvalue weighted by atomic mass is 15.7. The molecule has 46 valence electrons. The van der Waals surface area contributed by atoms with E-state index in [-0.39, 0.29) is 0 Å². The molecule has 1 saturated carbocycles. The van der Waals surface area contributed by atoms with Crippen molar-refractivity contribution in [1.82, 2.24) is 0 Å². The topological polar surface area (TPSA) is 0 Å². The van der Waals surface area contributed by atoms with E-state index in [0.29, 0.717) is 11.1 Å². The van der Waals surface area contributed by atoms with E-state index in [0.717, 1.165) is 0 Å². The summed E-state index contributed by atoms with van der Waals surface area (Å²) < 4.78 is 1.26. The number of hydrogen-bond donors (Lipinski definition) is 0. The van der Waals surface area contributed by atoms with E-state index < -0.39 is 0 Å². The van der Waals surface area contributed by atoms with Gasteiger partial charge in [-0.25, -0.2) is 0 Å². The molecule has 1 nitrogen and oxygen atoms in total. The fourth-order valence-electron chi connectivity index (χ4n) is 2.31. The Labute approximate surface area is 50.9 Å². The Morgan fingerprint density at radius 2 is 1.38 bits per heavy atom. The predicted molar refractivity (Wildman–Crippen MR) is 33.5 cm³/mol. The Morgan fingerprint density at radius 3 is 1.38 bits per heavy atom. The largest absolute Gasteiger partial charge is 0.308 e. The second-order valence-electron chi connectivity index (χ2n) is 4.18. The van der Waals surface area contributed by atoms with Crippen molar-refractivity contribution in [3.05, 3.63) is 0 Å². The first kappa shape index (κ1) is 4.80. The van der Waals surface area contributed by atoms with Crippen LogP contribution in [0.15, 0.2) is 0 Å². The number of quaternary nitrogens is 1. The molecule has 8 heavy (non-hydrogen) atoms. The lowest BCUT2D eigenvalue weighted by Crippen LogP contribution is -2.33. The zero-order valence-electron chi connectivity index (χ0n) is 6.15. The first-order valence-corrected chi connectivity index (χ1v) is 3.30. The molecule has 1 heteroatoms. The third-order valence-electron chi connectivity index (χ3n) is 4.14. The van der Waals surface area contributed by atoms with Crippen LogP contribution in [0.2, 0.25) is 0 Å². The van der Waals surface area contributed by atoms with Gasteiger partial charge in [-0.1, -0.05) is 0 Å². The van der Waals surface area contributed by atoms with Crippen molar-refractivity contribution >= 4 is 0 Å². The van der Waals surface area contributed by atoms with Gasteiger partial charge < -0.3 is 4.48 Å². The zero-order chi connectivity index (χ0) is 6.21. The molecule has 0 aromatic carbocycles. The molecular formula is C7H14N+. The van der Waals surface area contributed by atoms with Crippen molar-refractivity contribution in [2.45, 2.75) is 31.3 Å². The molecule has 1 aliphatic carbocycles. The number of likely N-dealkylation sites (tertiary alicyclic amines) is 1. The van der Waals surface area contributed by atoms with Gasteiger partial charge in [0.1, 0.15) is 0 Å². The second-order valence-corrected chi connectivity index (χ2v) is 4.18. The molecule has 0 spiro atoms. The van der Waals surface area contributed by atoms with E-state index in [1.54, 1.807) is 0 Å². The standard InChI is InChI=1S/C7H14N/c1-6-5-7(6,2)8(6,3)4/h5H2,1-4H3/q+1. The number of rotatable bonds is 0. The minimum absolute atomic E-state index is 0.688. The average molecular weight is 112 g/mol. The van der Waals surface area contributed by atoms with Crippen molar-refractivity contribution in [1.29, 1.82) is 0 Å². The fraction of sp³-hybridized carbons (Fsp3) is 1.00. The molecule has 2 aliphatic rings. The van der Waals surface area contributed by atoms with Crippen LogP contribution in [0.4, 0.5) is 0 Å². The first-order chi connectivity index (χ1) is 3.46. The van der Waals surface area contributed by atoms with Gasteiger partial charge in [0, 0.05) is 0 Å². The van der Waals surface area contributed by atoms with E-state index in [1.807, 2.05) is 0 Å². The predicted octanol–water partition coefficient (Wildman–Crippen LogP) is 0.997. The van der Waals surface area contributed by atoms with Crippen LogP contribution < -0.4 is 0 Å². The molecule has 2 unspecified atom stereocenters. The molecule has 0 aromatic rings. The number of hydrogen-bond acceptors (Lipinski definition) is 0. The maximum Gasteiger partial charge on any atom is 0.158 e. The third kappa shape index (κ3) is 0.175. The van der Waals surface area contributed by atoms with Crippen molar-refractivity contribution in [2.75, 3.05) is 14.1 Å². The van der Waals surface area contributed by atoms with Crippen molar-refractivity contribution < 1.29 is 4.48 Å². The van der Waals surface area contributed by atoms with Crippen LogP contribution in [-0.2, 0) is 0 Å². The normalized spacial score (nSPS) is 64.5. The molecule has 0 bridgehead atoms. The fourth-order valence-corrected chi connectivity index (χ4v) is 2.31. The van der Waals surface area contributed by atoms with Gasteiger partial charge in [-0.15, -0.1) is 0 Å². The quantitative estimate of drug-likeness (QED) is 0.324. The Kier molecular flexibility index (Phi) is 0.413. The van der Waals surface area contributed by atoms with E-state index in [2.05, 4.69) is 27.9 Å². The van der Waals surface area contributed by atoms with Crippen LogP contribution in [0.5, 0.6) is 0 Å². The molecule has 1 aliphatic heterocycles. The molecule has 2 rings (SSSR count). The summed E-state index contributed by atoms with van der Waals surface area (Å²) in [5, 5.41) is 0. The van der Waals surface area contributed by atoms with Gasteiger partial charge >= 0.3 is 0 Å². The summed E-state index contributed by atoms with van der Waals surface area (Å²) >= 11 is 0. The van der Waals surface area contributed by atoms with Gasteiger partial charge in [0.2, 0.25) is 0 Å². The summed E-state index contributed by atoms with van der Waals surface area (Å²) in [5.74, 6) is 0. The highest BCUT2D eigenvalue weighted by Gasteiger charge is 2.96. The van der Waals surface area contributed by atoms with Crippen molar-refractivity contribution in [2.24, 2.45) is 0 Å². The Morgan fingerprint density at radius 1 is 1.12 bits per heavy atom. The number of fused-ring (bicyclic) bond motifs is 1. The van der Waals surface area contributed by atoms with Gasteiger partial charge in [0.25, 0.3) is 0 Å². The third-order valence-corrected chi connectivity index (χ3v) is 4.14. The monoisotopic (exact) mass is 112 g/mol. The van der Waals surface area contributed by atoms with Crippen molar-refractivity contribution in [3.63, 3.8) is 0 Å². The maximum absolute atomic E-state index is 2.38. The van der Waals surface area contributed by atoms with Gasteiger partial charge in [0.05, 0.1) is 20.5 Å². The van der Waals surface area contributed by atoms with Gasteiger partial charge in [-0.2, -0.15) is 0 Å². The molecule has 0 N–H and O–H groups in total. The van der Waals surface area contributed by atoms with Crippen LogP contribution in [0.25, 0.3) is 0 Å². The Bertz CT molecular complexity index is 127. The van der Waals surface area contributed by atoms with E-state index in [1.165, 1.54) is 10.9 Å². The smallest absolute Gasteiger partial charge is 0.158 e. The summed E-state index contributed by atoms with van der Waals surface area (Å²) in [6.07, 6.45) is 1.45. The first-order valence-electron chi connectivity index (χ1n) is 3.30. The maximum atomic E-state index is 2.38. The van der Waals surface area contributed by atoms with E-state index in [4.69, 9.17) is 0 Å². The molecule has 1 heterocycles. The molecule has 2 atom stereocenters. The van der Waals surface area contributed by atoms with Crippen LogP contribution in [0.1, 0.15) is 20.3 Å². The lowest BCUT2D eigenvalue weighted by Gasteiger charge is -2.19. The highest BCUT2D eigenvalue weighted by Crippen LogP contribution is 2.77. The number of nitrogens with zero attached hydrogens (tertiary/aromatic N) is 1. The van der Waals surface area contributed by atoms with Gasteiger partial charge in [-0.3, -0.25) is 0 Å². The zero-order valence-corrected chi connectivity index (χ0v) is 6.15. The summed E-state index contributed by atoms with van der Waals surface area (Å²) in [6.45, 7) is 4.76. The Balaban J connectivity index is 2.36. The highest BCUT2D eigenvalue weighted by molar-refractivity contribution is 5.29.